The number of hydrogen-bond acceptors (Lipinski definition) is 4. The first kappa shape index (κ1) is 15.8. The molecule has 0 aliphatic carbocycles. The molecule has 0 atom stereocenters. The second-order valence-electron chi connectivity index (χ2n) is 5.45. The zero-order valence-corrected chi connectivity index (χ0v) is 12.3. The fourth-order valence-electron chi connectivity index (χ4n) is 1.61. The smallest absolute Gasteiger partial charge is 0.319 e. The molecule has 0 fully saturated rings. The molecule has 3 N–H and O–H groups in total. The Labute approximate surface area is 118 Å². The summed E-state index contributed by atoms with van der Waals surface area (Å²) in [6.07, 6.45) is 0. The van der Waals surface area contributed by atoms with Gasteiger partial charge in [0.1, 0.15) is 11.5 Å². The molecule has 0 spiro atoms. The lowest BCUT2D eigenvalue weighted by atomic mass is 10.1. The number of phenolic OH excluding ortho intramolecular Hbond substituents is 1. The van der Waals surface area contributed by atoms with Gasteiger partial charge in [0, 0.05) is 11.6 Å². The highest BCUT2D eigenvalue weighted by molar-refractivity contribution is 6.00. The van der Waals surface area contributed by atoms with E-state index in [2.05, 4.69) is 10.6 Å². The van der Waals surface area contributed by atoms with Crippen molar-refractivity contribution in [1.82, 2.24) is 5.32 Å². The van der Waals surface area contributed by atoms with Crippen molar-refractivity contribution >= 4 is 17.5 Å². The summed E-state index contributed by atoms with van der Waals surface area (Å²) in [5.74, 6) is -0.211. The van der Waals surface area contributed by atoms with Gasteiger partial charge in [-0.2, -0.15) is 0 Å². The van der Waals surface area contributed by atoms with Crippen molar-refractivity contribution in [2.75, 3.05) is 12.4 Å². The molecule has 0 aromatic heterocycles. The Morgan fingerprint density at radius 2 is 1.85 bits per heavy atom. The second-order valence-corrected chi connectivity index (χ2v) is 5.45. The summed E-state index contributed by atoms with van der Waals surface area (Å²) in [6.45, 7) is 6.88. The minimum Gasteiger partial charge on any atom is -0.507 e. The maximum absolute atomic E-state index is 11.8. The van der Waals surface area contributed by atoms with Gasteiger partial charge < -0.3 is 20.5 Å². The highest BCUT2D eigenvalue weighted by atomic mass is 16.5. The molecular weight excluding hydrogens is 260 g/mol. The number of rotatable bonds is 3. The van der Waals surface area contributed by atoms with E-state index in [1.165, 1.54) is 26.2 Å². The van der Waals surface area contributed by atoms with Gasteiger partial charge >= 0.3 is 6.03 Å². The second kappa shape index (κ2) is 5.81. The third-order valence-corrected chi connectivity index (χ3v) is 2.43. The third kappa shape index (κ3) is 4.15. The molecule has 110 valence electrons. The first-order chi connectivity index (χ1) is 9.14. The lowest BCUT2D eigenvalue weighted by Gasteiger charge is -2.21. The lowest BCUT2D eigenvalue weighted by Crippen LogP contribution is -2.43. The SMILES string of the molecule is COc1cc(O)c(C(C)=O)cc1NC(=O)NC(C)(C)C. The normalized spacial score (nSPS) is 10.8. The fourth-order valence-corrected chi connectivity index (χ4v) is 1.61. The minimum atomic E-state index is -0.420. The molecule has 0 saturated carbocycles. The topological polar surface area (TPSA) is 87.7 Å². The molecule has 1 rings (SSSR count). The third-order valence-electron chi connectivity index (χ3n) is 2.43. The summed E-state index contributed by atoms with van der Waals surface area (Å²) in [7, 11) is 1.41. The molecule has 0 saturated heterocycles. The summed E-state index contributed by atoms with van der Waals surface area (Å²) in [6, 6.07) is 2.26. The van der Waals surface area contributed by atoms with Crippen LogP contribution in [0, 0.1) is 0 Å². The Hall–Kier alpha value is -2.24. The Balaban J connectivity index is 3.07. The van der Waals surface area contributed by atoms with E-state index in [-0.39, 0.29) is 22.8 Å². The predicted molar refractivity (Wildman–Crippen MR) is 76.6 cm³/mol. The Morgan fingerprint density at radius 3 is 2.30 bits per heavy atom. The van der Waals surface area contributed by atoms with Crippen LogP contribution in [0.3, 0.4) is 0 Å². The minimum absolute atomic E-state index is 0.122. The average Bonchev–Trinajstić information content (AvgIpc) is 2.27. The number of benzene rings is 1. The quantitative estimate of drug-likeness (QED) is 0.586. The zero-order valence-electron chi connectivity index (χ0n) is 12.3. The molecule has 6 heteroatoms. The standard InChI is InChI=1S/C14H20N2O4/c1-8(17)9-6-10(12(20-5)7-11(9)18)15-13(19)16-14(2,3)4/h6-7,18H,1-5H3,(H2,15,16,19). The summed E-state index contributed by atoms with van der Waals surface area (Å²) < 4.78 is 5.08. The highest BCUT2D eigenvalue weighted by Gasteiger charge is 2.17. The van der Waals surface area contributed by atoms with Gasteiger partial charge in [-0.15, -0.1) is 0 Å². The number of urea groups is 1. The number of ketones is 1. The van der Waals surface area contributed by atoms with Crippen LogP contribution < -0.4 is 15.4 Å². The molecule has 1 aromatic carbocycles. The number of carbonyl (C=O) groups excluding carboxylic acids is 2. The van der Waals surface area contributed by atoms with Gasteiger partial charge in [0.25, 0.3) is 0 Å². The number of amides is 2. The predicted octanol–water partition coefficient (Wildman–Crippen LogP) is 2.52. The van der Waals surface area contributed by atoms with E-state index in [1.54, 1.807) is 0 Å². The first-order valence-electron chi connectivity index (χ1n) is 6.15. The van der Waals surface area contributed by atoms with Gasteiger partial charge in [-0.3, -0.25) is 4.79 Å². The van der Waals surface area contributed by atoms with Crippen molar-refractivity contribution in [1.29, 1.82) is 0 Å². The summed E-state index contributed by atoms with van der Waals surface area (Å²) >= 11 is 0. The van der Waals surface area contributed by atoms with Crippen LogP contribution in [-0.2, 0) is 0 Å². The van der Waals surface area contributed by atoms with Crippen molar-refractivity contribution in [3.63, 3.8) is 0 Å². The highest BCUT2D eigenvalue weighted by Crippen LogP contribution is 2.32. The van der Waals surface area contributed by atoms with Gasteiger partial charge in [-0.25, -0.2) is 4.79 Å². The number of ether oxygens (including phenoxy) is 1. The van der Waals surface area contributed by atoms with E-state index in [0.29, 0.717) is 5.69 Å². The van der Waals surface area contributed by atoms with Crippen molar-refractivity contribution in [3.05, 3.63) is 17.7 Å². The number of anilines is 1. The van der Waals surface area contributed by atoms with Gasteiger partial charge in [0.2, 0.25) is 0 Å². The first-order valence-corrected chi connectivity index (χ1v) is 6.15. The molecule has 6 nitrogen and oxygen atoms in total. The molecule has 1 aromatic rings. The molecule has 0 radical (unpaired) electrons. The lowest BCUT2D eigenvalue weighted by molar-refractivity contribution is 0.101. The Morgan fingerprint density at radius 1 is 1.25 bits per heavy atom. The van der Waals surface area contributed by atoms with Crippen LogP contribution in [0.1, 0.15) is 38.1 Å². The van der Waals surface area contributed by atoms with Crippen LogP contribution in [0.15, 0.2) is 12.1 Å². The van der Waals surface area contributed by atoms with Crippen molar-refractivity contribution in [2.45, 2.75) is 33.2 Å². The molecule has 0 bridgehead atoms. The van der Waals surface area contributed by atoms with Gasteiger partial charge in [-0.1, -0.05) is 0 Å². The van der Waals surface area contributed by atoms with E-state index in [9.17, 15) is 14.7 Å². The zero-order chi connectivity index (χ0) is 15.5. The summed E-state index contributed by atoms with van der Waals surface area (Å²) in [4.78, 5) is 23.2. The fraction of sp³-hybridized carbons (Fsp3) is 0.429. The monoisotopic (exact) mass is 280 g/mol. The molecule has 0 unspecified atom stereocenters. The van der Waals surface area contributed by atoms with Gasteiger partial charge in [0.05, 0.1) is 18.4 Å². The van der Waals surface area contributed by atoms with Crippen LogP contribution >= 0.6 is 0 Å². The van der Waals surface area contributed by atoms with Gasteiger partial charge in [0.15, 0.2) is 5.78 Å². The molecule has 0 aliphatic rings. The number of phenols is 1. The van der Waals surface area contributed by atoms with E-state index in [0.717, 1.165) is 0 Å². The summed E-state index contributed by atoms with van der Waals surface area (Å²) in [5.41, 5.74) is 0.0478. The number of methoxy groups -OCH3 is 1. The number of hydrogen-bond donors (Lipinski definition) is 3. The van der Waals surface area contributed by atoms with Crippen molar-refractivity contribution < 1.29 is 19.4 Å². The largest absolute Gasteiger partial charge is 0.507 e. The number of carbonyl (C=O) groups is 2. The van der Waals surface area contributed by atoms with Crippen LogP contribution in [0.5, 0.6) is 11.5 Å². The van der Waals surface area contributed by atoms with Crippen LogP contribution in [0.4, 0.5) is 10.5 Å². The van der Waals surface area contributed by atoms with E-state index < -0.39 is 11.6 Å². The molecule has 20 heavy (non-hydrogen) atoms. The van der Waals surface area contributed by atoms with Crippen molar-refractivity contribution in [3.8, 4) is 11.5 Å². The van der Waals surface area contributed by atoms with Crippen LogP contribution in [0.25, 0.3) is 0 Å². The average molecular weight is 280 g/mol. The van der Waals surface area contributed by atoms with E-state index >= 15 is 0 Å². The Bertz CT molecular complexity index is 533. The summed E-state index contributed by atoms with van der Waals surface area (Å²) in [5, 5.41) is 15.0. The van der Waals surface area contributed by atoms with E-state index in [1.807, 2.05) is 20.8 Å². The number of nitrogens with one attached hydrogen (secondary N) is 2. The molecule has 0 aliphatic heterocycles. The van der Waals surface area contributed by atoms with E-state index in [4.69, 9.17) is 4.74 Å². The molecular formula is C14H20N2O4. The van der Waals surface area contributed by atoms with Crippen molar-refractivity contribution in [2.24, 2.45) is 0 Å². The number of Topliss-reactive ketones (excluding diaryl/α,β-unsaturated/α-hetero) is 1. The van der Waals surface area contributed by atoms with Crippen LogP contribution in [-0.4, -0.2) is 29.6 Å². The Kier molecular flexibility index (Phi) is 4.60. The maximum Gasteiger partial charge on any atom is 0.319 e. The maximum atomic E-state index is 11.8. The molecule has 0 heterocycles. The number of aromatic hydroxyl groups is 1. The van der Waals surface area contributed by atoms with Gasteiger partial charge in [-0.05, 0) is 33.8 Å². The van der Waals surface area contributed by atoms with Crippen LogP contribution in [0.2, 0.25) is 0 Å². The molecule has 2 amide bonds.